The fourth-order valence-electron chi connectivity index (χ4n) is 7.10. The number of rotatable bonds is 6. The van der Waals surface area contributed by atoms with Gasteiger partial charge in [-0.3, -0.25) is 4.90 Å². The fourth-order valence-corrected chi connectivity index (χ4v) is 7.10. The minimum Gasteiger partial charge on any atom is -0.490 e. The molecule has 0 spiro atoms. The quantitative estimate of drug-likeness (QED) is 0.373. The molecular formula is C38H44N4O4. The second-order valence-corrected chi connectivity index (χ2v) is 13.7. The van der Waals surface area contributed by atoms with Gasteiger partial charge in [0.1, 0.15) is 18.0 Å². The number of amides is 2. The molecule has 5 atom stereocenters. The number of hydrogen-bond donors (Lipinski definition) is 1. The highest BCUT2D eigenvalue weighted by atomic mass is 16.8. The molecule has 0 bridgehead atoms. The Labute approximate surface area is 272 Å². The summed E-state index contributed by atoms with van der Waals surface area (Å²) >= 11 is 0. The Hall–Kier alpha value is -3.87. The van der Waals surface area contributed by atoms with Crippen LogP contribution in [0.1, 0.15) is 49.3 Å². The predicted molar refractivity (Wildman–Crippen MR) is 179 cm³/mol. The number of fused-ring (bicyclic) bond motifs is 2. The third-order valence-electron chi connectivity index (χ3n) is 9.36. The van der Waals surface area contributed by atoms with Crippen LogP contribution in [0.25, 0.3) is 0 Å². The van der Waals surface area contributed by atoms with Crippen molar-refractivity contribution < 1.29 is 19.0 Å². The van der Waals surface area contributed by atoms with Crippen LogP contribution in [0, 0.1) is 11.8 Å². The first-order chi connectivity index (χ1) is 22.2. The monoisotopic (exact) mass is 620 g/mol. The van der Waals surface area contributed by atoms with E-state index in [9.17, 15) is 4.79 Å². The topological polar surface area (TPSA) is 66.5 Å². The van der Waals surface area contributed by atoms with E-state index in [4.69, 9.17) is 14.2 Å². The summed E-state index contributed by atoms with van der Waals surface area (Å²) in [6.45, 7) is 6.65. The normalized spacial score (nSPS) is 26.9. The number of nitrogens with one attached hydrogen (secondary N) is 1. The maximum atomic E-state index is 13.9. The van der Waals surface area contributed by atoms with Crippen molar-refractivity contribution in [2.24, 2.45) is 0 Å². The molecule has 4 aliphatic rings. The van der Waals surface area contributed by atoms with E-state index in [0.717, 1.165) is 48.5 Å². The second kappa shape index (κ2) is 12.7. The summed E-state index contributed by atoms with van der Waals surface area (Å²) in [5.41, 5.74) is 4.01. The van der Waals surface area contributed by atoms with Crippen molar-refractivity contribution in [2.75, 3.05) is 45.6 Å². The van der Waals surface area contributed by atoms with Crippen molar-refractivity contribution in [1.82, 2.24) is 14.7 Å². The standard InChI is InChI=1S/C38H44N4O4/c1-38(2)45-34-24-41(37(43)39-29-16-18-30(19-17-29)44-31-20-21-31)23-33-36(32(22-40(3)4)42(33)25-35(34)46-38)28-14-12-27(13-15-28)11-10-26-8-6-5-7-9-26/h5-9,12-19,31-36H,20-25H2,1-4H3,(H,39,43). The Morgan fingerprint density at radius 3 is 2.20 bits per heavy atom. The lowest BCUT2D eigenvalue weighted by Gasteiger charge is -2.59. The third-order valence-corrected chi connectivity index (χ3v) is 9.36. The number of likely N-dealkylation sites (N-methyl/N-ethyl adjacent to an activating group) is 1. The van der Waals surface area contributed by atoms with Crippen molar-refractivity contribution in [3.05, 3.63) is 95.6 Å². The van der Waals surface area contributed by atoms with Crippen LogP contribution in [0.15, 0.2) is 78.9 Å². The highest BCUT2D eigenvalue weighted by molar-refractivity contribution is 5.89. The number of urea groups is 1. The first-order valence-corrected chi connectivity index (χ1v) is 16.5. The van der Waals surface area contributed by atoms with Gasteiger partial charge in [0.2, 0.25) is 0 Å². The lowest BCUT2D eigenvalue weighted by atomic mass is 9.73. The number of carbonyl (C=O) groups is 1. The van der Waals surface area contributed by atoms with Crippen LogP contribution in [0.2, 0.25) is 0 Å². The molecule has 3 aromatic rings. The van der Waals surface area contributed by atoms with E-state index in [-0.39, 0.29) is 36.2 Å². The van der Waals surface area contributed by atoms with E-state index in [1.54, 1.807) is 0 Å². The summed E-state index contributed by atoms with van der Waals surface area (Å²) in [5.74, 6) is 6.96. The number of benzene rings is 3. The van der Waals surface area contributed by atoms with E-state index >= 15 is 0 Å². The van der Waals surface area contributed by atoms with Gasteiger partial charge in [0.15, 0.2) is 5.79 Å². The van der Waals surface area contributed by atoms with Gasteiger partial charge < -0.3 is 29.3 Å². The zero-order valence-corrected chi connectivity index (χ0v) is 27.2. The molecule has 4 fully saturated rings. The molecule has 240 valence electrons. The first-order valence-electron chi connectivity index (χ1n) is 16.5. The van der Waals surface area contributed by atoms with Crippen LogP contribution in [0.3, 0.4) is 0 Å². The van der Waals surface area contributed by atoms with Gasteiger partial charge in [-0.1, -0.05) is 42.2 Å². The van der Waals surface area contributed by atoms with E-state index < -0.39 is 5.79 Å². The molecule has 3 aromatic carbocycles. The highest BCUT2D eigenvalue weighted by Crippen LogP contribution is 2.44. The SMILES string of the molecule is CN(C)CC1C(c2ccc(C#Cc3ccccc3)cc2)C2CN(C(=O)Nc3ccc(OC4CC4)cc3)CC3OC(C)(C)OC3CN12. The third kappa shape index (κ3) is 6.93. The van der Waals surface area contributed by atoms with Gasteiger partial charge in [0, 0.05) is 54.5 Å². The van der Waals surface area contributed by atoms with Crippen molar-refractivity contribution in [2.45, 2.75) is 68.8 Å². The van der Waals surface area contributed by atoms with E-state index in [1.807, 2.05) is 73.3 Å². The van der Waals surface area contributed by atoms with Gasteiger partial charge in [0.25, 0.3) is 0 Å². The Morgan fingerprint density at radius 2 is 1.54 bits per heavy atom. The van der Waals surface area contributed by atoms with Crippen LogP contribution < -0.4 is 10.1 Å². The molecule has 1 saturated carbocycles. The number of hydrogen-bond acceptors (Lipinski definition) is 6. The van der Waals surface area contributed by atoms with Gasteiger partial charge in [-0.05, 0) is 94.9 Å². The minimum atomic E-state index is -0.702. The Bertz CT molecular complexity index is 1580. The van der Waals surface area contributed by atoms with Crippen LogP contribution in [0.5, 0.6) is 5.75 Å². The molecule has 3 heterocycles. The summed E-state index contributed by atoms with van der Waals surface area (Å²) < 4.78 is 18.7. The average Bonchev–Trinajstić information content (AvgIpc) is 3.80. The van der Waals surface area contributed by atoms with Crippen LogP contribution in [-0.4, -0.2) is 97.2 Å². The van der Waals surface area contributed by atoms with Crippen LogP contribution in [-0.2, 0) is 9.47 Å². The van der Waals surface area contributed by atoms with Crippen molar-refractivity contribution in [3.63, 3.8) is 0 Å². The van der Waals surface area contributed by atoms with Crippen molar-refractivity contribution in [1.29, 1.82) is 0 Å². The number of nitrogens with zero attached hydrogens (tertiary/aromatic N) is 3. The number of carbonyl (C=O) groups excluding carboxylic acids is 1. The summed E-state index contributed by atoms with van der Waals surface area (Å²) in [6.07, 6.45) is 2.21. The molecule has 3 saturated heterocycles. The molecule has 7 rings (SSSR count). The second-order valence-electron chi connectivity index (χ2n) is 13.7. The average molecular weight is 621 g/mol. The van der Waals surface area contributed by atoms with Gasteiger partial charge in [-0.25, -0.2) is 4.79 Å². The van der Waals surface area contributed by atoms with Crippen molar-refractivity contribution >= 4 is 11.7 Å². The van der Waals surface area contributed by atoms with E-state index in [1.165, 1.54) is 5.56 Å². The Morgan fingerprint density at radius 1 is 0.891 bits per heavy atom. The molecule has 8 heteroatoms. The van der Waals surface area contributed by atoms with Crippen LogP contribution in [0.4, 0.5) is 10.5 Å². The van der Waals surface area contributed by atoms with Gasteiger partial charge in [-0.2, -0.15) is 0 Å². The lowest BCUT2D eigenvalue weighted by molar-refractivity contribution is -0.150. The largest absolute Gasteiger partial charge is 0.490 e. The zero-order valence-electron chi connectivity index (χ0n) is 27.2. The summed E-state index contributed by atoms with van der Waals surface area (Å²) in [5, 5.41) is 3.14. The summed E-state index contributed by atoms with van der Waals surface area (Å²) in [6, 6.07) is 26.7. The fraction of sp³-hybridized carbons (Fsp3) is 0.447. The molecule has 0 radical (unpaired) electrons. The molecular weight excluding hydrogens is 576 g/mol. The molecule has 8 nitrogen and oxygen atoms in total. The molecule has 1 aliphatic carbocycles. The van der Waals surface area contributed by atoms with Gasteiger partial charge in [0.05, 0.1) is 12.6 Å². The minimum absolute atomic E-state index is 0.131. The summed E-state index contributed by atoms with van der Waals surface area (Å²) in [7, 11) is 4.25. The number of anilines is 1. The van der Waals surface area contributed by atoms with Crippen molar-refractivity contribution in [3.8, 4) is 17.6 Å². The maximum Gasteiger partial charge on any atom is 0.321 e. The van der Waals surface area contributed by atoms with Gasteiger partial charge >= 0.3 is 6.03 Å². The first kappa shape index (κ1) is 30.8. The Kier molecular flexibility index (Phi) is 8.51. The summed E-state index contributed by atoms with van der Waals surface area (Å²) in [4.78, 5) is 20.6. The van der Waals surface area contributed by atoms with Crippen LogP contribution >= 0.6 is 0 Å². The lowest BCUT2D eigenvalue weighted by Crippen LogP contribution is -2.71. The molecule has 5 unspecified atom stereocenters. The molecule has 2 amide bonds. The smallest absolute Gasteiger partial charge is 0.321 e. The highest BCUT2D eigenvalue weighted by Gasteiger charge is 2.54. The molecule has 1 N–H and O–H groups in total. The molecule has 3 aliphatic heterocycles. The zero-order chi connectivity index (χ0) is 31.8. The van der Waals surface area contributed by atoms with E-state index in [0.29, 0.717) is 19.2 Å². The Balaban J connectivity index is 1.13. The number of ether oxygens (including phenoxy) is 3. The maximum absolute atomic E-state index is 13.9. The van der Waals surface area contributed by atoms with E-state index in [2.05, 4.69) is 65.3 Å². The van der Waals surface area contributed by atoms with Gasteiger partial charge in [-0.15, -0.1) is 0 Å². The predicted octanol–water partition coefficient (Wildman–Crippen LogP) is 5.39. The molecule has 46 heavy (non-hydrogen) atoms. The molecule has 0 aromatic heterocycles.